The van der Waals surface area contributed by atoms with Gasteiger partial charge in [0.15, 0.2) is 0 Å². The molecule has 27 heavy (non-hydrogen) atoms. The van der Waals surface area contributed by atoms with Gasteiger partial charge < -0.3 is 0 Å². The van der Waals surface area contributed by atoms with Gasteiger partial charge in [0.2, 0.25) is 0 Å². The number of rotatable bonds is 2. The molecule has 0 amide bonds. The molecule has 0 spiro atoms. The second-order valence-electron chi connectivity index (χ2n) is 7.04. The lowest BCUT2D eigenvalue weighted by atomic mass is 10.0. The van der Waals surface area contributed by atoms with E-state index in [1.165, 1.54) is 5.56 Å². The van der Waals surface area contributed by atoms with Gasteiger partial charge in [-0.25, -0.2) is 4.52 Å². The smallest absolute Gasteiger partial charge is 0.0896 e. The van der Waals surface area contributed by atoms with Crippen molar-refractivity contribution in [2.24, 2.45) is 13.0 Å². The van der Waals surface area contributed by atoms with Gasteiger partial charge >= 0.3 is 0 Å². The first-order valence-corrected chi connectivity index (χ1v) is 9.12. The van der Waals surface area contributed by atoms with Crippen LogP contribution in [0.15, 0.2) is 55.0 Å². The van der Waals surface area contributed by atoms with E-state index >= 15 is 0 Å². The fourth-order valence-electron chi connectivity index (χ4n) is 3.19. The maximum Gasteiger partial charge on any atom is 0.0896 e. The van der Waals surface area contributed by atoms with Crippen molar-refractivity contribution < 1.29 is 0 Å². The molecule has 0 unspecified atom stereocenters. The molecule has 0 aliphatic rings. The van der Waals surface area contributed by atoms with Crippen LogP contribution in [0.25, 0.3) is 27.8 Å². The number of benzene rings is 1. The molecule has 3 heterocycles. The highest BCUT2D eigenvalue weighted by Gasteiger charge is 2.11. The van der Waals surface area contributed by atoms with Crippen LogP contribution in [-0.4, -0.2) is 19.4 Å². The number of pyridine rings is 1. The summed E-state index contributed by atoms with van der Waals surface area (Å²) >= 11 is 0. The predicted octanol–water partition coefficient (Wildman–Crippen LogP) is 4.72. The zero-order valence-electron chi connectivity index (χ0n) is 16.1. The van der Waals surface area contributed by atoms with E-state index in [9.17, 15) is 0 Å². The molecule has 4 aromatic rings. The highest BCUT2D eigenvalue weighted by molar-refractivity contribution is 5.85. The molecule has 0 atom stereocenters. The van der Waals surface area contributed by atoms with Crippen molar-refractivity contribution in [1.29, 1.82) is 0 Å². The van der Waals surface area contributed by atoms with Gasteiger partial charge in [-0.15, -0.1) is 0 Å². The highest BCUT2D eigenvalue weighted by atomic mass is 15.3. The minimum Gasteiger partial charge on any atom is -0.272 e. The maximum atomic E-state index is 4.52. The summed E-state index contributed by atoms with van der Waals surface area (Å²) in [6, 6.07) is 12.6. The zero-order chi connectivity index (χ0) is 19.0. The molecular formula is C23H22N4. The Morgan fingerprint density at radius 3 is 2.22 bits per heavy atom. The average molecular weight is 354 g/mol. The molecule has 134 valence electrons. The van der Waals surface area contributed by atoms with E-state index in [1.807, 2.05) is 40.9 Å². The molecule has 0 N–H and O–H groups in total. The minimum atomic E-state index is 0.332. The Hall–Kier alpha value is -3.32. The van der Waals surface area contributed by atoms with E-state index in [-0.39, 0.29) is 0 Å². The summed E-state index contributed by atoms with van der Waals surface area (Å²) in [6.07, 6.45) is 5.80. The van der Waals surface area contributed by atoms with E-state index in [2.05, 4.69) is 73.1 Å². The molecule has 4 rings (SSSR count). The first-order chi connectivity index (χ1) is 13.0. The molecular weight excluding hydrogens is 332 g/mol. The van der Waals surface area contributed by atoms with Crippen LogP contribution in [0.3, 0.4) is 0 Å². The van der Waals surface area contributed by atoms with E-state index in [1.54, 1.807) is 0 Å². The highest BCUT2D eigenvalue weighted by Crippen LogP contribution is 2.30. The second kappa shape index (κ2) is 6.77. The third kappa shape index (κ3) is 3.13. The summed E-state index contributed by atoms with van der Waals surface area (Å²) in [4.78, 5) is 0. The van der Waals surface area contributed by atoms with E-state index in [0.717, 1.165) is 33.5 Å². The number of aromatic nitrogens is 4. The Morgan fingerprint density at radius 1 is 0.926 bits per heavy atom. The van der Waals surface area contributed by atoms with E-state index < -0.39 is 0 Å². The topological polar surface area (TPSA) is 35.1 Å². The molecule has 0 aliphatic heterocycles. The molecule has 0 aliphatic carbocycles. The number of hydrogen-bond donors (Lipinski definition) is 0. The molecule has 0 bridgehead atoms. The van der Waals surface area contributed by atoms with Crippen LogP contribution in [0.4, 0.5) is 0 Å². The molecule has 3 aromatic heterocycles. The van der Waals surface area contributed by atoms with Crippen molar-refractivity contribution in [2.75, 3.05) is 0 Å². The van der Waals surface area contributed by atoms with Crippen molar-refractivity contribution in [3.63, 3.8) is 0 Å². The Bertz CT molecular complexity index is 1160. The van der Waals surface area contributed by atoms with Crippen LogP contribution in [0, 0.1) is 24.7 Å². The van der Waals surface area contributed by atoms with Gasteiger partial charge in [0, 0.05) is 36.0 Å². The second-order valence-corrected chi connectivity index (χ2v) is 7.04. The summed E-state index contributed by atoms with van der Waals surface area (Å²) < 4.78 is 3.80. The summed E-state index contributed by atoms with van der Waals surface area (Å²) in [7, 11) is 1.96. The van der Waals surface area contributed by atoms with Crippen LogP contribution in [0.5, 0.6) is 0 Å². The largest absolute Gasteiger partial charge is 0.272 e. The molecule has 0 radical (unpaired) electrons. The predicted molar refractivity (Wildman–Crippen MR) is 109 cm³/mol. The van der Waals surface area contributed by atoms with Crippen LogP contribution >= 0.6 is 0 Å². The Kier molecular flexibility index (Phi) is 4.29. The number of nitrogens with zero attached hydrogens (tertiary/aromatic N) is 4. The van der Waals surface area contributed by atoms with Crippen LogP contribution in [0.2, 0.25) is 0 Å². The van der Waals surface area contributed by atoms with Crippen molar-refractivity contribution in [2.45, 2.75) is 20.8 Å². The quantitative estimate of drug-likeness (QED) is 0.488. The Labute approximate surface area is 159 Å². The summed E-state index contributed by atoms with van der Waals surface area (Å²) in [6.45, 7) is 6.29. The SMILES string of the molecule is Cc1c(-c2ccc(-c3cnn4cccc(C#CC(C)C)c34)cc2)cnn1C. The summed E-state index contributed by atoms with van der Waals surface area (Å²) in [5.41, 5.74) is 7.77. The molecule has 4 nitrogen and oxygen atoms in total. The first-order valence-electron chi connectivity index (χ1n) is 9.12. The third-order valence-corrected chi connectivity index (χ3v) is 4.78. The van der Waals surface area contributed by atoms with Gasteiger partial charge in [0.05, 0.1) is 23.5 Å². The first kappa shape index (κ1) is 17.1. The van der Waals surface area contributed by atoms with Crippen molar-refractivity contribution in [3.8, 4) is 34.1 Å². The number of aryl methyl sites for hydroxylation is 1. The van der Waals surface area contributed by atoms with Gasteiger partial charge in [-0.05, 0) is 30.2 Å². The molecule has 0 saturated heterocycles. The van der Waals surface area contributed by atoms with E-state index in [0.29, 0.717) is 5.92 Å². The number of hydrogen-bond acceptors (Lipinski definition) is 2. The normalized spacial score (nSPS) is 11.0. The summed E-state index contributed by atoms with van der Waals surface area (Å²) in [5, 5.41) is 8.86. The third-order valence-electron chi connectivity index (χ3n) is 4.78. The molecule has 4 heteroatoms. The Balaban J connectivity index is 1.79. The fraction of sp³-hybridized carbons (Fsp3) is 0.217. The van der Waals surface area contributed by atoms with Crippen LogP contribution < -0.4 is 0 Å². The minimum absolute atomic E-state index is 0.332. The molecule has 1 aromatic carbocycles. The van der Waals surface area contributed by atoms with Gasteiger partial charge in [0.1, 0.15) is 0 Å². The van der Waals surface area contributed by atoms with Gasteiger partial charge in [-0.1, -0.05) is 50.0 Å². The lowest BCUT2D eigenvalue weighted by molar-refractivity contribution is 0.740. The lowest BCUT2D eigenvalue weighted by Gasteiger charge is -2.05. The average Bonchev–Trinajstić information content (AvgIpc) is 3.24. The number of fused-ring (bicyclic) bond motifs is 1. The fourth-order valence-corrected chi connectivity index (χ4v) is 3.19. The van der Waals surface area contributed by atoms with Crippen molar-refractivity contribution in [1.82, 2.24) is 19.4 Å². The lowest BCUT2D eigenvalue weighted by Crippen LogP contribution is -1.92. The maximum absolute atomic E-state index is 4.52. The van der Waals surface area contributed by atoms with Gasteiger partial charge in [-0.2, -0.15) is 10.2 Å². The molecule has 0 saturated carbocycles. The zero-order valence-corrected chi connectivity index (χ0v) is 16.1. The Morgan fingerprint density at radius 2 is 1.59 bits per heavy atom. The van der Waals surface area contributed by atoms with Crippen molar-refractivity contribution in [3.05, 3.63) is 66.2 Å². The van der Waals surface area contributed by atoms with Crippen LogP contribution in [0.1, 0.15) is 25.1 Å². The summed E-state index contributed by atoms with van der Waals surface area (Å²) in [5.74, 6) is 6.90. The van der Waals surface area contributed by atoms with Crippen molar-refractivity contribution >= 4 is 5.52 Å². The van der Waals surface area contributed by atoms with Crippen LogP contribution in [-0.2, 0) is 7.05 Å². The monoisotopic (exact) mass is 354 g/mol. The van der Waals surface area contributed by atoms with Gasteiger partial charge in [-0.3, -0.25) is 4.68 Å². The molecule has 0 fully saturated rings. The van der Waals surface area contributed by atoms with Gasteiger partial charge in [0.25, 0.3) is 0 Å². The standard InChI is InChI=1S/C23H22N4/c1-16(2)7-8-20-6-5-13-27-23(20)22(15-25-27)19-11-9-18(10-12-19)21-14-24-26(4)17(21)3/h5-6,9-16H,1-4H3. The van der Waals surface area contributed by atoms with E-state index in [4.69, 9.17) is 0 Å².